The Morgan fingerprint density at radius 1 is 1.31 bits per heavy atom. The van der Waals surface area contributed by atoms with Crippen molar-refractivity contribution >= 4 is 11.9 Å². The van der Waals surface area contributed by atoms with Crippen LogP contribution in [0.2, 0.25) is 0 Å². The summed E-state index contributed by atoms with van der Waals surface area (Å²) in [6, 6.07) is 3.82. The lowest BCUT2D eigenvalue weighted by atomic mass is 9.96. The Balaban J connectivity index is 2.23. The number of pyridine rings is 1. The summed E-state index contributed by atoms with van der Waals surface area (Å²) in [5.74, 6) is -2.11. The van der Waals surface area contributed by atoms with Crippen LogP contribution in [0.4, 0.5) is 4.39 Å². The van der Waals surface area contributed by atoms with Crippen LogP contribution in [0.25, 0.3) is 5.69 Å². The predicted octanol–water partition coefficient (Wildman–Crippen LogP) is 1.59. The number of amides is 1. The Hall–Kier alpha value is -3.16. The number of carbonyl (C=O) groups is 2. The Kier molecular flexibility index (Phi) is 4.50. The van der Waals surface area contributed by atoms with Crippen LogP contribution >= 0.6 is 0 Å². The number of halogens is 1. The standard InChI is InChI=1S/C18H17FN2O5/c1-10(22)20-6-5-13-11(8-20)9-21(17(23)16(13)18(24)25)12-3-4-14(19)15(7-12)26-2/h3-4,7,9H,5-6,8H2,1-2H3,(H,24,25). The van der Waals surface area contributed by atoms with E-state index in [9.17, 15) is 23.9 Å². The number of hydrogen-bond donors (Lipinski definition) is 1. The van der Waals surface area contributed by atoms with E-state index in [-0.39, 0.29) is 29.5 Å². The van der Waals surface area contributed by atoms with E-state index in [0.717, 1.165) is 10.6 Å². The highest BCUT2D eigenvalue weighted by Crippen LogP contribution is 2.24. The number of fused-ring (bicyclic) bond motifs is 1. The summed E-state index contributed by atoms with van der Waals surface area (Å²) in [4.78, 5) is 37.7. The summed E-state index contributed by atoms with van der Waals surface area (Å²) in [6.45, 7) is 2.00. The molecule has 8 heteroatoms. The van der Waals surface area contributed by atoms with Crippen LogP contribution < -0.4 is 10.3 Å². The first-order chi connectivity index (χ1) is 12.3. The maximum absolute atomic E-state index is 13.7. The number of ether oxygens (including phenoxy) is 1. The van der Waals surface area contributed by atoms with Gasteiger partial charge in [0.2, 0.25) is 5.91 Å². The van der Waals surface area contributed by atoms with E-state index in [4.69, 9.17) is 4.74 Å². The Morgan fingerprint density at radius 2 is 2.04 bits per heavy atom. The minimum atomic E-state index is -1.33. The first kappa shape index (κ1) is 17.7. The van der Waals surface area contributed by atoms with Crippen molar-refractivity contribution in [1.82, 2.24) is 9.47 Å². The Labute approximate surface area is 148 Å². The van der Waals surface area contributed by atoms with Gasteiger partial charge in [0.25, 0.3) is 5.56 Å². The molecule has 0 unspecified atom stereocenters. The van der Waals surface area contributed by atoms with Crippen LogP contribution in [0.3, 0.4) is 0 Å². The zero-order valence-corrected chi connectivity index (χ0v) is 14.3. The molecule has 0 fully saturated rings. The monoisotopic (exact) mass is 360 g/mol. The molecule has 1 aliphatic heterocycles. The third-order valence-electron chi connectivity index (χ3n) is 4.47. The van der Waals surface area contributed by atoms with Crippen molar-refractivity contribution in [3.05, 3.63) is 57.3 Å². The molecular formula is C18H17FN2O5. The highest BCUT2D eigenvalue weighted by Gasteiger charge is 2.27. The number of carboxylic acids is 1. The molecule has 2 heterocycles. The number of nitrogens with zero attached hydrogens (tertiary/aromatic N) is 2. The van der Waals surface area contributed by atoms with E-state index < -0.39 is 17.3 Å². The molecule has 0 spiro atoms. The summed E-state index contributed by atoms with van der Waals surface area (Å²) >= 11 is 0. The molecular weight excluding hydrogens is 343 g/mol. The third-order valence-corrected chi connectivity index (χ3v) is 4.47. The SMILES string of the molecule is COc1cc(-n2cc3c(c(C(=O)O)c2=O)CCN(C(C)=O)C3)ccc1F. The molecule has 1 aromatic heterocycles. The van der Waals surface area contributed by atoms with Gasteiger partial charge in [-0.1, -0.05) is 0 Å². The number of methoxy groups -OCH3 is 1. The van der Waals surface area contributed by atoms with Gasteiger partial charge in [-0.25, -0.2) is 9.18 Å². The predicted molar refractivity (Wildman–Crippen MR) is 90.3 cm³/mol. The van der Waals surface area contributed by atoms with Gasteiger partial charge < -0.3 is 14.7 Å². The quantitative estimate of drug-likeness (QED) is 0.898. The summed E-state index contributed by atoms with van der Waals surface area (Å²) in [5.41, 5.74) is 0.255. The number of carboxylic acid groups (broad SMARTS) is 1. The van der Waals surface area contributed by atoms with Gasteiger partial charge >= 0.3 is 5.97 Å². The maximum Gasteiger partial charge on any atom is 0.341 e. The van der Waals surface area contributed by atoms with Gasteiger partial charge in [-0.3, -0.25) is 14.2 Å². The van der Waals surface area contributed by atoms with Gasteiger partial charge in [-0.15, -0.1) is 0 Å². The lowest BCUT2D eigenvalue weighted by molar-refractivity contribution is -0.129. The van der Waals surface area contributed by atoms with E-state index in [2.05, 4.69) is 0 Å². The number of rotatable bonds is 3. The fourth-order valence-electron chi connectivity index (χ4n) is 3.14. The van der Waals surface area contributed by atoms with Gasteiger partial charge in [0.05, 0.1) is 12.8 Å². The molecule has 0 saturated heterocycles. The highest BCUT2D eigenvalue weighted by atomic mass is 19.1. The fraction of sp³-hybridized carbons (Fsp3) is 0.278. The molecule has 7 nitrogen and oxygen atoms in total. The lowest BCUT2D eigenvalue weighted by Crippen LogP contribution is -2.38. The summed E-state index contributed by atoms with van der Waals surface area (Å²) in [5, 5.41) is 9.53. The Bertz CT molecular complexity index is 967. The zero-order valence-electron chi connectivity index (χ0n) is 14.3. The number of aromatic nitrogens is 1. The highest BCUT2D eigenvalue weighted by molar-refractivity contribution is 5.89. The van der Waals surface area contributed by atoms with Crippen LogP contribution in [0.15, 0.2) is 29.2 Å². The average Bonchev–Trinajstić information content (AvgIpc) is 2.60. The molecule has 1 N–H and O–H groups in total. The number of aromatic carboxylic acids is 1. The molecule has 0 bridgehead atoms. The molecule has 0 aliphatic carbocycles. The largest absolute Gasteiger partial charge is 0.494 e. The van der Waals surface area contributed by atoms with Gasteiger partial charge in [0.1, 0.15) is 5.56 Å². The van der Waals surface area contributed by atoms with Crippen molar-refractivity contribution in [2.24, 2.45) is 0 Å². The summed E-state index contributed by atoms with van der Waals surface area (Å²) in [6.07, 6.45) is 1.80. The van der Waals surface area contributed by atoms with Gasteiger partial charge in [0, 0.05) is 32.3 Å². The van der Waals surface area contributed by atoms with Crippen molar-refractivity contribution in [3.63, 3.8) is 0 Å². The molecule has 0 atom stereocenters. The van der Waals surface area contributed by atoms with Crippen molar-refractivity contribution < 1.29 is 23.8 Å². The van der Waals surface area contributed by atoms with E-state index in [1.165, 1.54) is 32.4 Å². The number of carbonyl (C=O) groups excluding carboxylic acids is 1. The van der Waals surface area contributed by atoms with Gasteiger partial charge in [-0.05, 0) is 29.7 Å². The third kappa shape index (κ3) is 2.94. The van der Waals surface area contributed by atoms with Crippen molar-refractivity contribution in [3.8, 4) is 11.4 Å². The van der Waals surface area contributed by atoms with E-state index in [0.29, 0.717) is 24.1 Å². The first-order valence-electron chi connectivity index (χ1n) is 7.93. The summed E-state index contributed by atoms with van der Waals surface area (Å²) < 4.78 is 19.7. The minimum Gasteiger partial charge on any atom is -0.494 e. The Morgan fingerprint density at radius 3 is 2.65 bits per heavy atom. The second-order valence-corrected chi connectivity index (χ2v) is 6.00. The second-order valence-electron chi connectivity index (χ2n) is 6.00. The maximum atomic E-state index is 13.7. The number of hydrogen-bond acceptors (Lipinski definition) is 4. The lowest BCUT2D eigenvalue weighted by Gasteiger charge is -2.29. The van der Waals surface area contributed by atoms with Crippen LogP contribution in [-0.4, -0.2) is 40.1 Å². The van der Waals surface area contributed by atoms with E-state index in [1.54, 1.807) is 4.90 Å². The van der Waals surface area contributed by atoms with Crippen molar-refractivity contribution in [2.75, 3.05) is 13.7 Å². The van der Waals surface area contributed by atoms with Crippen LogP contribution in [-0.2, 0) is 17.8 Å². The van der Waals surface area contributed by atoms with Crippen LogP contribution in [0.5, 0.6) is 5.75 Å². The summed E-state index contributed by atoms with van der Waals surface area (Å²) in [7, 11) is 1.30. The topological polar surface area (TPSA) is 88.8 Å². The van der Waals surface area contributed by atoms with Crippen molar-refractivity contribution in [2.45, 2.75) is 19.9 Å². The second kappa shape index (κ2) is 6.62. The van der Waals surface area contributed by atoms with E-state index >= 15 is 0 Å². The first-order valence-corrected chi connectivity index (χ1v) is 7.93. The van der Waals surface area contributed by atoms with Gasteiger partial charge in [0.15, 0.2) is 11.6 Å². The van der Waals surface area contributed by atoms with Crippen molar-refractivity contribution in [1.29, 1.82) is 0 Å². The zero-order chi connectivity index (χ0) is 19.0. The molecule has 136 valence electrons. The molecule has 1 aromatic carbocycles. The normalized spacial score (nSPS) is 13.3. The molecule has 0 radical (unpaired) electrons. The minimum absolute atomic E-state index is 0.0608. The number of benzene rings is 1. The molecule has 2 aromatic rings. The fourth-order valence-corrected chi connectivity index (χ4v) is 3.14. The average molecular weight is 360 g/mol. The molecule has 26 heavy (non-hydrogen) atoms. The smallest absolute Gasteiger partial charge is 0.341 e. The van der Waals surface area contributed by atoms with Crippen LogP contribution in [0.1, 0.15) is 28.4 Å². The van der Waals surface area contributed by atoms with E-state index in [1.807, 2.05) is 0 Å². The molecule has 0 saturated carbocycles. The molecule has 1 aliphatic rings. The molecule has 1 amide bonds. The molecule has 3 rings (SSSR count). The van der Waals surface area contributed by atoms with Crippen LogP contribution in [0, 0.1) is 5.82 Å². The van der Waals surface area contributed by atoms with Gasteiger partial charge in [-0.2, -0.15) is 0 Å².